The molecule has 0 saturated carbocycles. The van der Waals surface area contributed by atoms with Crippen LogP contribution in [-0.2, 0) is 6.42 Å². The number of aryl methyl sites for hydroxylation is 1. The molecule has 0 amide bonds. The molecular formula is C9H7Cl2F3. The molecule has 0 N–H and O–H groups in total. The average molecular weight is 243 g/mol. The molecule has 0 spiro atoms. The van der Waals surface area contributed by atoms with Gasteiger partial charge in [-0.2, -0.15) is 13.2 Å². The van der Waals surface area contributed by atoms with Crippen LogP contribution in [0.1, 0.15) is 12.0 Å². The largest absolute Gasteiger partial charge is 0.389 e. The monoisotopic (exact) mass is 242 g/mol. The lowest BCUT2D eigenvalue weighted by Crippen LogP contribution is -2.08. The number of hydrogen-bond acceptors (Lipinski definition) is 0. The molecule has 1 aromatic rings. The second kappa shape index (κ2) is 4.41. The van der Waals surface area contributed by atoms with Crippen molar-refractivity contribution >= 4 is 23.2 Å². The summed E-state index contributed by atoms with van der Waals surface area (Å²) in [6.45, 7) is 0. The molecule has 0 bridgehead atoms. The van der Waals surface area contributed by atoms with Crippen molar-refractivity contribution in [2.45, 2.75) is 19.0 Å². The van der Waals surface area contributed by atoms with E-state index in [2.05, 4.69) is 0 Å². The maximum atomic E-state index is 11.9. The van der Waals surface area contributed by atoms with Crippen LogP contribution in [0.5, 0.6) is 0 Å². The zero-order valence-electron chi connectivity index (χ0n) is 7.04. The van der Waals surface area contributed by atoms with Gasteiger partial charge in [-0.05, 0) is 30.2 Å². The molecule has 0 heterocycles. The van der Waals surface area contributed by atoms with Gasteiger partial charge in [0.05, 0.1) is 0 Å². The van der Waals surface area contributed by atoms with Crippen LogP contribution < -0.4 is 0 Å². The first kappa shape index (κ1) is 11.7. The molecule has 0 nitrogen and oxygen atoms in total. The van der Waals surface area contributed by atoms with Gasteiger partial charge in [0.1, 0.15) is 0 Å². The molecule has 0 aliphatic rings. The van der Waals surface area contributed by atoms with Gasteiger partial charge in [0.2, 0.25) is 0 Å². The molecule has 0 aromatic heterocycles. The summed E-state index contributed by atoms with van der Waals surface area (Å²) < 4.78 is 35.7. The first-order valence-electron chi connectivity index (χ1n) is 3.89. The van der Waals surface area contributed by atoms with Gasteiger partial charge in [0.25, 0.3) is 0 Å². The Labute approximate surface area is 89.6 Å². The SMILES string of the molecule is FC(F)(F)CCc1cc(Cl)ccc1Cl. The Morgan fingerprint density at radius 1 is 1.14 bits per heavy atom. The molecule has 0 aliphatic heterocycles. The highest BCUT2D eigenvalue weighted by Crippen LogP contribution is 2.26. The van der Waals surface area contributed by atoms with E-state index in [4.69, 9.17) is 23.2 Å². The molecule has 14 heavy (non-hydrogen) atoms. The Morgan fingerprint density at radius 2 is 1.79 bits per heavy atom. The summed E-state index contributed by atoms with van der Waals surface area (Å²) in [5.74, 6) is 0. The molecular weight excluding hydrogens is 236 g/mol. The predicted molar refractivity (Wildman–Crippen MR) is 50.8 cm³/mol. The summed E-state index contributed by atoms with van der Waals surface area (Å²) in [7, 11) is 0. The lowest BCUT2D eigenvalue weighted by molar-refractivity contribution is -0.133. The maximum Gasteiger partial charge on any atom is 0.389 e. The van der Waals surface area contributed by atoms with Crippen LogP contribution in [0.2, 0.25) is 10.0 Å². The molecule has 5 heteroatoms. The number of halogens is 5. The van der Waals surface area contributed by atoms with Gasteiger partial charge in [-0.15, -0.1) is 0 Å². The van der Waals surface area contributed by atoms with E-state index in [1.807, 2.05) is 0 Å². The quantitative estimate of drug-likeness (QED) is 0.717. The molecule has 0 saturated heterocycles. The summed E-state index contributed by atoms with van der Waals surface area (Å²) in [6.07, 6.45) is -5.18. The molecule has 78 valence electrons. The van der Waals surface area contributed by atoms with Crippen LogP contribution in [0.3, 0.4) is 0 Å². The Bertz CT molecular complexity index is 320. The van der Waals surface area contributed by atoms with Gasteiger partial charge < -0.3 is 0 Å². The summed E-state index contributed by atoms with van der Waals surface area (Å²) in [4.78, 5) is 0. The zero-order chi connectivity index (χ0) is 10.8. The van der Waals surface area contributed by atoms with Crippen molar-refractivity contribution in [1.82, 2.24) is 0 Å². The van der Waals surface area contributed by atoms with Gasteiger partial charge in [-0.25, -0.2) is 0 Å². The van der Waals surface area contributed by atoms with Crippen molar-refractivity contribution in [3.05, 3.63) is 33.8 Å². The second-order valence-corrected chi connectivity index (χ2v) is 3.69. The highest BCUT2D eigenvalue weighted by Gasteiger charge is 2.26. The van der Waals surface area contributed by atoms with Crippen LogP contribution in [0.25, 0.3) is 0 Å². The van der Waals surface area contributed by atoms with E-state index in [-0.39, 0.29) is 6.42 Å². The summed E-state index contributed by atoms with van der Waals surface area (Å²) in [5.41, 5.74) is 0.427. The molecule has 0 fully saturated rings. The Hall–Kier alpha value is -0.410. The van der Waals surface area contributed by atoms with E-state index in [9.17, 15) is 13.2 Å². The molecule has 0 aliphatic carbocycles. The number of hydrogen-bond donors (Lipinski definition) is 0. The van der Waals surface area contributed by atoms with Crippen molar-refractivity contribution in [1.29, 1.82) is 0 Å². The van der Waals surface area contributed by atoms with E-state index in [0.29, 0.717) is 15.6 Å². The van der Waals surface area contributed by atoms with Crippen molar-refractivity contribution in [2.24, 2.45) is 0 Å². The third kappa shape index (κ3) is 3.76. The fourth-order valence-electron chi connectivity index (χ4n) is 1.01. The van der Waals surface area contributed by atoms with Crippen molar-refractivity contribution in [3.63, 3.8) is 0 Å². The zero-order valence-corrected chi connectivity index (χ0v) is 8.55. The van der Waals surface area contributed by atoms with Gasteiger partial charge in [0, 0.05) is 16.5 Å². The number of alkyl halides is 3. The Balaban J connectivity index is 2.72. The molecule has 1 aromatic carbocycles. The fourth-order valence-corrected chi connectivity index (χ4v) is 1.42. The van der Waals surface area contributed by atoms with E-state index < -0.39 is 12.6 Å². The average Bonchev–Trinajstić information content (AvgIpc) is 2.05. The number of rotatable bonds is 2. The molecule has 0 atom stereocenters. The van der Waals surface area contributed by atoms with E-state index in [1.54, 1.807) is 6.07 Å². The minimum absolute atomic E-state index is 0.136. The smallest absolute Gasteiger partial charge is 0.171 e. The van der Waals surface area contributed by atoms with Crippen molar-refractivity contribution in [2.75, 3.05) is 0 Å². The number of benzene rings is 1. The van der Waals surface area contributed by atoms with Gasteiger partial charge >= 0.3 is 6.18 Å². The minimum Gasteiger partial charge on any atom is -0.171 e. The lowest BCUT2D eigenvalue weighted by Gasteiger charge is -2.07. The first-order valence-corrected chi connectivity index (χ1v) is 4.65. The first-order chi connectivity index (χ1) is 6.38. The van der Waals surface area contributed by atoms with Crippen molar-refractivity contribution < 1.29 is 13.2 Å². The van der Waals surface area contributed by atoms with Crippen LogP contribution in [0, 0.1) is 0 Å². The summed E-state index contributed by atoms with van der Waals surface area (Å²) in [6, 6.07) is 4.49. The topological polar surface area (TPSA) is 0 Å². The Kier molecular flexibility index (Phi) is 3.67. The molecule has 0 unspecified atom stereocenters. The summed E-state index contributed by atoms with van der Waals surface area (Å²) >= 11 is 11.3. The van der Waals surface area contributed by atoms with E-state index >= 15 is 0 Å². The van der Waals surface area contributed by atoms with E-state index in [0.717, 1.165) is 0 Å². The normalized spacial score (nSPS) is 11.8. The van der Waals surface area contributed by atoms with Crippen LogP contribution >= 0.6 is 23.2 Å². The fraction of sp³-hybridized carbons (Fsp3) is 0.333. The van der Waals surface area contributed by atoms with Crippen LogP contribution in [-0.4, -0.2) is 6.18 Å². The third-order valence-corrected chi connectivity index (χ3v) is 2.29. The summed E-state index contributed by atoms with van der Waals surface area (Å²) in [5, 5.41) is 0.713. The lowest BCUT2D eigenvalue weighted by atomic mass is 10.1. The highest BCUT2D eigenvalue weighted by molar-refractivity contribution is 6.33. The van der Waals surface area contributed by atoms with Gasteiger partial charge in [-0.3, -0.25) is 0 Å². The van der Waals surface area contributed by atoms with Crippen LogP contribution in [0.15, 0.2) is 18.2 Å². The minimum atomic E-state index is -4.16. The predicted octanol–water partition coefficient (Wildman–Crippen LogP) is 4.49. The Morgan fingerprint density at radius 3 is 2.36 bits per heavy atom. The standard InChI is InChI=1S/C9H7Cl2F3/c10-7-1-2-8(11)6(5-7)3-4-9(12,13)14/h1-2,5H,3-4H2. The van der Waals surface area contributed by atoms with Crippen LogP contribution in [0.4, 0.5) is 13.2 Å². The molecule has 0 radical (unpaired) electrons. The highest BCUT2D eigenvalue weighted by atomic mass is 35.5. The van der Waals surface area contributed by atoms with Gasteiger partial charge in [0.15, 0.2) is 0 Å². The van der Waals surface area contributed by atoms with Gasteiger partial charge in [-0.1, -0.05) is 23.2 Å². The third-order valence-electron chi connectivity index (χ3n) is 1.69. The molecule has 1 rings (SSSR count). The van der Waals surface area contributed by atoms with Crippen molar-refractivity contribution in [3.8, 4) is 0 Å². The second-order valence-electron chi connectivity index (χ2n) is 2.85. The van der Waals surface area contributed by atoms with E-state index in [1.165, 1.54) is 12.1 Å². The maximum absolute atomic E-state index is 11.9.